The first-order chi connectivity index (χ1) is 10.7. The summed E-state index contributed by atoms with van der Waals surface area (Å²) in [5.41, 5.74) is 1.30. The minimum atomic E-state index is 0.934. The van der Waals surface area contributed by atoms with Gasteiger partial charge in [-0.05, 0) is 41.4 Å². The fraction of sp³-hybridized carbons (Fsp3) is 0.500. The van der Waals surface area contributed by atoms with E-state index in [1.807, 2.05) is 17.1 Å². The van der Waals surface area contributed by atoms with Gasteiger partial charge in [-0.3, -0.25) is 9.58 Å². The van der Waals surface area contributed by atoms with Crippen LogP contribution in [0.15, 0.2) is 35.2 Å². The Labute approximate surface area is 140 Å². The van der Waals surface area contributed by atoms with Crippen molar-refractivity contribution in [2.75, 3.05) is 31.1 Å². The predicted molar refractivity (Wildman–Crippen MR) is 91.9 cm³/mol. The lowest BCUT2D eigenvalue weighted by Gasteiger charge is -2.22. The average molecular weight is 364 g/mol. The van der Waals surface area contributed by atoms with Crippen molar-refractivity contribution in [1.82, 2.24) is 19.7 Å². The van der Waals surface area contributed by atoms with Gasteiger partial charge in [0.15, 0.2) is 0 Å². The molecule has 0 saturated carbocycles. The average Bonchev–Trinajstić information content (AvgIpc) is 2.86. The highest BCUT2D eigenvalue weighted by molar-refractivity contribution is 9.10. The molecule has 0 aromatic carbocycles. The van der Waals surface area contributed by atoms with Crippen molar-refractivity contribution in [3.8, 4) is 0 Å². The molecule has 0 N–H and O–H groups in total. The van der Waals surface area contributed by atoms with Gasteiger partial charge in [0.05, 0.1) is 6.20 Å². The third-order valence-electron chi connectivity index (χ3n) is 4.04. The first kappa shape index (κ1) is 15.5. The normalized spacial score (nSPS) is 16.7. The number of rotatable bonds is 4. The Morgan fingerprint density at radius 2 is 2.05 bits per heavy atom. The molecule has 22 heavy (non-hydrogen) atoms. The lowest BCUT2D eigenvalue weighted by molar-refractivity contribution is 0.285. The van der Waals surface area contributed by atoms with Gasteiger partial charge in [-0.2, -0.15) is 5.10 Å². The maximum absolute atomic E-state index is 4.51. The summed E-state index contributed by atoms with van der Waals surface area (Å²) in [6, 6.07) is 4.15. The van der Waals surface area contributed by atoms with Crippen molar-refractivity contribution in [3.05, 3.63) is 40.8 Å². The van der Waals surface area contributed by atoms with Crippen LogP contribution in [0, 0.1) is 0 Å². The van der Waals surface area contributed by atoms with Crippen molar-refractivity contribution in [3.63, 3.8) is 0 Å². The maximum atomic E-state index is 4.51. The summed E-state index contributed by atoms with van der Waals surface area (Å²) in [6.45, 7) is 8.33. The van der Waals surface area contributed by atoms with Gasteiger partial charge in [0, 0.05) is 61.7 Å². The van der Waals surface area contributed by atoms with Crippen LogP contribution in [0.1, 0.15) is 18.9 Å². The second kappa shape index (κ2) is 7.24. The van der Waals surface area contributed by atoms with Gasteiger partial charge in [-0.25, -0.2) is 4.98 Å². The van der Waals surface area contributed by atoms with Gasteiger partial charge >= 0.3 is 0 Å². The van der Waals surface area contributed by atoms with Crippen LogP contribution in [0.2, 0.25) is 0 Å². The van der Waals surface area contributed by atoms with Gasteiger partial charge < -0.3 is 4.90 Å². The number of halogens is 1. The molecule has 0 unspecified atom stereocenters. The Morgan fingerprint density at radius 1 is 1.14 bits per heavy atom. The first-order valence-corrected chi connectivity index (χ1v) is 8.64. The Morgan fingerprint density at radius 3 is 2.77 bits per heavy atom. The summed E-state index contributed by atoms with van der Waals surface area (Å²) >= 11 is 3.44. The van der Waals surface area contributed by atoms with E-state index in [0.29, 0.717) is 0 Å². The molecule has 3 heterocycles. The van der Waals surface area contributed by atoms with E-state index < -0.39 is 0 Å². The third kappa shape index (κ3) is 3.87. The molecule has 1 aliphatic rings. The molecule has 6 heteroatoms. The number of hydrogen-bond acceptors (Lipinski definition) is 4. The number of pyridine rings is 1. The van der Waals surface area contributed by atoms with E-state index in [1.54, 1.807) is 0 Å². The summed E-state index contributed by atoms with van der Waals surface area (Å²) in [5, 5.41) is 4.36. The monoisotopic (exact) mass is 363 g/mol. The van der Waals surface area contributed by atoms with Crippen LogP contribution in [0.5, 0.6) is 0 Å². The molecule has 0 spiro atoms. The van der Waals surface area contributed by atoms with E-state index in [2.05, 4.69) is 61.1 Å². The number of aryl methyl sites for hydroxylation is 1. The topological polar surface area (TPSA) is 37.2 Å². The minimum Gasteiger partial charge on any atom is -0.355 e. The number of nitrogens with zero attached hydrogens (tertiary/aromatic N) is 5. The van der Waals surface area contributed by atoms with E-state index in [4.69, 9.17) is 0 Å². The molecule has 0 radical (unpaired) electrons. The smallest absolute Gasteiger partial charge is 0.128 e. The Hall–Kier alpha value is -1.40. The fourth-order valence-electron chi connectivity index (χ4n) is 2.83. The first-order valence-electron chi connectivity index (χ1n) is 7.85. The molecule has 0 amide bonds. The zero-order valence-corrected chi connectivity index (χ0v) is 14.5. The van der Waals surface area contributed by atoms with E-state index >= 15 is 0 Å². The highest BCUT2D eigenvalue weighted by Gasteiger charge is 2.16. The largest absolute Gasteiger partial charge is 0.355 e. The van der Waals surface area contributed by atoms with Crippen molar-refractivity contribution in [2.24, 2.45) is 0 Å². The highest BCUT2D eigenvalue weighted by Crippen LogP contribution is 2.17. The molecule has 1 fully saturated rings. The molecule has 118 valence electrons. The molecular formula is C16H22BrN5. The van der Waals surface area contributed by atoms with E-state index in [-0.39, 0.29) is 0 Å². The summed E-state index contributed by atoms with van der Waals surface area (Å²) in [5.74, 6) is 1.07. The van der Waals surface area contributed by atoms with Gasteiger partial charge in [0.1, 0.15) is 5.82 Å². The van der Waals surface area contributed by atoms with Crippen LogP contribution in [-0.4, -0.2) is 45.8 Å². The number of anilines is 1. The van der Waals surface area contributed by atoms with E-state index in [1.165, 1.54) is 12.0 Å². The van der Waals surface area contributed by atoms with Crippen molar-refractivity contribution in [1.29, 1.82) is 0 Å². The third-order valence-corrected chi connectivity index (χ3v) is 4.51. The number of aromatic nitrogens is 3. The summed E-state index contributed by atoms with van der Waals surface area (Å²) in [6.07, 6.45) is 7.18. The zero-order valence-electron chi connectivity index (χ0n) is 13.0. The van der Waals surface area contributed by atoms with Gasteiger partial charge in [0.2, 0.25) is 0 Å². The van der Waals surface area contributed by atoms with Gasteiger partial charge in [0.25, 0.3) is 0 Å². The van der Waals surface area contributed by atoms with Crippen LogP contribution in [0.25, 0.3) is 0 Å². The zero-order chi connectivity index (χ0) is 15.4. The lowest BCUT2D eigenvalue weighted by Crippen LogP contribution is -2.30. The molecule has 3 rings (SSSR count). The molecule has 0 bridgehead atoms. The quantitative estimate of drug-likeness (QED) is 0.836. The second-order valence-electron chi connectivity index (χ2n) is 5.66. The lowest BCUT2D eigenvalue weighted by atomic mass is 10.3. The fourth-order valence-corrected chi connectivity index (χ4v) is 3.07. The van der Waals surface area contributed by atoms with Crippen LogP contribution in [0.4, 0.5) is 5.82 Å². The molecule has 2 aromatic rings. The predicted octanol–water partition coefficient (Wildman–Crippen LogP) is 2.77. The van der Waals surface area contributed by atoms with Crippen LogP contribution in [0.3, 0.4) is 0 Å². The molecule has 5 nitrogen and oxygen atoms in total. The van der Waals surface area contributed by atoms with Crippen molar-refractivity contribution >= 4 is 21.7 Å². The summed E-state index contributed by atoms with van der Waals surface area (Å²) in [7, 11) is 0. The van der Waals surface area contributed by atoms with Crippen LogP contribution >= 0.6 is 15.9 Å². The summed E-state index contributed by atoms with van der Waals surface area (Å²) < 4.78 is 3.02. The highest BCUT2D eigenvalue weighted by atomic mass is 79.9. The SMILES string of the molecule is CCn1cc(CN2CCCN(c3ccc(Br)cn3)CC2)cn1. The second-order valence-corrected chi connectivity index (χ2v) is 6.57. The molecule has 2 aromatic heterocycles. The van der Waals surface area contributed by atoms with Crippen molar-refractivity contribution < 1.29 is 0 Å². The Kier molecular flexibility index (Phi) is 5.10. The molecule has 0 aliphatic carbocycles. The maximum Gasteiger partial charge on any atom is 0.128 e. The van der Waals surface area contributed by atoms with E-state index in [9.17, 15) is 0 Å². The summed E-state index contributed by atoms with van der Waals surface area (Å²) in [4.78, 5) is 9.40. The molecular weight excluding hydrogens is 342 g/mol. The van der Waals surface area contributed by atoms with Gasteiger partial charge in [-0.15, -0.1) is 0 Å². The molecule has 1 aliphatic heterocycles. The molecule has 1 saturated heterocycles. The number of hydrogen-bond donors (Lipinski definition) is 0. The standard InChI is InChI=1S/C16H22BrN5/c1-2-22-13-14(10-19-22)12-20-6-3-7-21(9-8-20)16-5-4-15(17)11-18-16/h4-5,10-11,13H,2-3,6-9,12H2,1H3. The van der Waals surface area contributed by atoms with E-state index in [0.717, 1.165) is 49.6 Å². The van der Waals surface area contributed by atoms with Crippen molar-refractivity contribution in [2.45, 2.75) is 26.4 Å². The minimum absolute atomic E-state index is 0.934. The molecule has 0 atom stereocenters. The Bertz CT molecular complexity index is 595. The van der Waals surface area contributed by atoms with Gasteiger partial charge in [-0.1, -0.05) is 0 Å². The van der Waals surface area contributed by atoms with Crippen LogP contribution in [-0.2, 0) is 13.1 Å². The van der Waals surface area contributed by atoms with Crippen LogP contribution < -0.4 is 4.90 Å². The Balaban J connectivity index is 1.58.